The second-order valence-corrected chi connectivity index (χ2v) is 4.68. The van der Waals surface area contributed by atoms with Crippen LogP contribution in [0.2, 0.25) is 5.15 Å². The maximum Gasteiger partial charge on any atom is 0.254 e. The van der Waals surface area contributed by atoms with Crippen LogP contribution in [0.3, 0.4) is 0 Å². The number of carbonyl (C=O) groups is 1. The molecule has 0 unspecified atom stereocenters. The van der Waals surface area contributed by atoms with Crippen LogP contribution in [0.1, 0.15) is 15.9 Å². The number of anilines is 2. The number of carbonyl (C=O) groups excluding carboxylic acids is 1. The van der Waals surface area contributed by atoms with Crippen molar-refractivity contribution < 1.29 is 13.6 Å². The summed E-state index contributed by atoms with van der Waals surface area (Å²) in [6, 6.07) is 3.83. The summed E-state index contributed by atoms with van der Waals surface area (Å²) in [6.07, 6.45) is 1.30. The number of pyridine rings is 1. The molecule has 1 amide bonds. The van der Waals surface area contributed by atoms with Crippen molar-refractivity contribution in [2.45, 2.75) is 6.92 Å². The van der Waals surface area contributed by atoms with Crippen molar-refractivity contribution in [3.8, 4) is 0 Å². The smallest absolute Gasteiger partial charge is 0.254 e. The molecule has 4 nitrogen and oxygen atoms in total. The van der Waals surface area contributed by atoms with E-state index in [-0.39, 0.29) is 22.2 Å². The summed E-state index contributed by atoms with van der Waals surface area (Å²) in [4.78, 5) is 15.6. The molecule has 0 atom stereocenters. The van der Waals surface area contributed by atoms with Crippen LogP contribution >= 0.6 is 11.6 Å². The average molecular weight is 312 g/mol. The molecule has 0 aliphatic rings. The molecule has 0 fully saturated rings. The van der Waals surface area contributed by atoms with E-state index in [0.29, 0.717) is 11.4 Å². The van der Waals surface area contributed by atoms with E-state index in [2.05, 4.69) is 15.6 Å². The summed E-state index contributed by atoms with van der Waals surface area (Å²) in [5.74, 6) is -2.25. The van der Waals surface area contributed by atoms with E-state index >= 15 is 0 Å². The molecule has 1 heterocycles. The molecule has 0 saturated heterocycles. The summed E-state index contributed by atoms with van der Waals surface area (Å²) >= 11 is 5.81. The van der Waals surface area contributed by atoms with Gasteiger partial charge in [-0.3, -0.25) is 4.79 Å². The van der Waals surface area contributed by atoms with E-state index in [4.69, 9.17) is 11.6 Å². The molecular formula is C14H12ClF2N3O. The molecule has 1 aromatic heterocycles. The quantitative estimate of drug-likeness (QED) is 0.854. The van der Waals surface area contributed by atoms with Gasteiger partial charge in [0.2, 0.25) is 0 Å². The lowest BCUT2D eigenvalue weighted by atomic mass is 10.1. The van der Waals surface area contributed by atoms with Crippen molar-refractivity contribution in [1.29, 1.82) is 0 Å². The number of rotatable bonds is 3. The Balaban J connectivity index is 2.46. The van der Waals surface area contributed by atoms with Crippen LogP contribution < -0.4 is 10.6 Å². The van der Waals surface area contributed by atoms with Crippen LogP contribution in [0.15, 0.2) is 24.4 Å². The minimum absolute atomic E-state index is 0.103. The van der Waals surface area contributed by atoms with E-state index in [1.165, 1.54) is 32.3 Å². The topological polar surface area (TPSA) is 54.0 Å². The van der Waals surface area contributed by atoms with Crippen molar-refractivity contribution >= 4 is 28.9 Å². The van der Waals surface area contributed by atoms with Crippen molar-refractivity contribution in [2.24, 2.45) is 0 Å². The number of nitrogens with one attached hydrogen (secondary N) is 2. The van der Waals surface area contributed by atoms with Gasteiger partial charge in [-0.2, -0.15) is 0 Å². The van der Waals surface area contributed by atoms with E-state index in [0.717, 1.165) is 6.07 Å². The third-order valence-corrected chi connectivity index (χ3v) is 3.16. The van der Waals surface area contributed by atoms with Gasteiger partial charge in [0, 0.05) is 24.5 Å². The molecule has 0 aliphatic carbocycles. The number of benzene rings is 1. The number of amides is 1. The summed E-state index contributed by atoms with van der Waals surface area (Å²) in [5.41, 5.74) is 1.03. The van der Waals surface area contributed by atoms with Crippen LogP contribution in [0.25, 0.3) is 0 Å². The molecule has 110 valence electrons. The van der Waals surface area contributed by atoms with Crippen molar-refractivity contribution in [3.05, 3.63) is 52.3 Å². The normalized spacial score (nSPS) is 10.3. The van der Waals surface area contributed by atoms with Crippen LogP contribution in [0, 0.1) is 18.6 Å². The zero-order valence-electron chi connectivity index (χ0n) is 11.3. The Morgan fingerprint density at radius 3 is 2.67 bits per heavy atom. The summed E-state index contributed by atoms with van der Waals surface area (Å²) < 4.78 is 26.7. The fraction of sp³-hybridized carbons (Fsp3) is 0.143. The minimum atomic E-state index is -0.943. The van der Waals surface area contributed by atoms with Crippen LogP contribution in [-0.2, 0) is 0 Å². The highest BCUT2D eigenvalue weighted by molar-refractivity contribution is 6.29. The Bertz CT molecular complexity index is 707. The van der Waals surface area contributed by atoms with E-state index in [9.17, 15) is 13.6 Å². The van der Waals surface area contributed by atoms with Crippen molar-refractivity contribution in [3.63, 3.8) is 0 Å². The van der Waals surface area contributed by atoms with E-state index in [1.54, 1.807) is 0 Å². The molecule has 21 heavy (non-hydrogen) atoms. The van der Waals surface area contributed by atoms with Crippen molar-refractivity contribution in [2.75, 3.05) is 12.4 Å². The molecule has 2 rings (SSSR count). The first-order chi connectivity index (χ1) is 9.93. The SMILES string of the molecule is CNC(=O)c1cnc(Cl)cc1Nc1ccc(F)c(F)c1C. The van der Waals surface area contributed by atoms with E-state index < -0.39 is 11.6 Å². The maximum absolute atomic E-state index is 13.6. The van der Waals surface area contributed by atoms with Gasteiger partial charge >= 0.3 is 0 Å². The first-order valence-corrected chi connectivity index (χ1v) is 6.41. The number of nitrogens with zero attached hydrogens (tertiary/aromatic N) is 1. The van der Waals surface area contributed by atoms with Crippen LogP contribution in [0.4, 0.5) is 20.2 Å². The fourth-order valence-corrected chi connectivity index (χ4v) is 1.94. The van der Waals surface area contributed by atoms with Gasteiger partial charge in [0.15, 0.2) is 11.6 Å². The van der Waals surface area contributed by atoms with Gasteiger partial charge in [-0.1, -0.05) is 11.6 Å². The predicted molar refractivity (Wildman–Crippen MR) is 77.0 cm³/mol. The largest absolute Gasteiger partial charge is 0.355 e. The summed E-state index contributed by atoms with van der Waals surface area (Å²) in [7, 11) is 1.48. The lowest BCUT2D eigenvalue weighted by Crippen LogP contribution is -2.19. The van der Waals surface area contributed by atoms with Crippen LogP contribution in [0.5, 0.6) is 0 Å². The first kappa shape index (κ1) is 15.2. The molecule has 0 saturated carbocycles. The maximum atomic E-state index is 13.6. The average Bonchev–Trinajstić information content (AvgIpc) is 2.47. The Kier molecular flexibility index (Phi) is 4.37. The third-order valence-electron chi connectivity index (χ3n) is 2.95. The van der Waals surface area contributed by atoms with Gasteiger partial charge in [-0.05, 0) is 25.1 Å². The zero-order valence-corrected chi connectivity index (χ0v) is 12.1. The van der Waals surface area contributed by atoms with Gasteiger partial charge in [-0.25, -0.2) is 13.8 Å². The summed E-state index contributed by atoms with van der Waals surface area (Å²) in [5, 5.41) is 5.51. The Morgan fingerprint density at radius 1 is 1.29 bits per heavy atom. The van der Waals surface area contributed by atoms with Crippen LogP contribution in [-0.4, -0.2) is 17.9 Å². The standard InChI is InChI=1S/C14H12ClF2N3O/c1-7-10(4-3-9(16)13(7)17)20-11-5-12(15)19-6-8(11)14(21)18-2/h3-6H,1-2H3,(H,18,21)(H,19,20). The second kappa shape index (κ2) is 6.05. The Hall–Kier alpha value is -2.21. The zero-order chi connectivity index (χ0) is 15.6. The molecule has 0 aliphatic heterocycles. The number of hydrogen-bond donors (Lipinski definition) is 2. The van der Waals surface area contributed by atoms with Gasteiger partial charge < -0.3 is 10.6 Å². The first-order valence-electron chi connectivity index (χ1n) is 6.03. The highest BCUT2D eigenvalue weighted by Gasteiger charge is 2.15. The van der Waals surface area contributed by atoms with E-state index in [1.807, 2.05) is 0 Å². The molecule has 0 spiro atoms. The predicted octanol–water partition coefficient (Wildman–Crippen LogP) is 3.42. The highest BCUT2D eigenvalue weighted by Crippen LogP contribution is 2.27. The lowest BCUT2D eigenvalue weighted by Gasteiger charge is -2.13. The van der Waals surface area contributed by atoms with Crippen molar-refractivity contribution in [1.82, 2.24) is 10.3 Å². The highest BCUT2D eigenvalue weighted by atomic mass is 35.5. The molecule has 2 N–H and O–H groups in total. The van der Waals surface area contributed by atoms with Gasteiger partial charge in [0.25, 0.3) is 5.91 Å². The molecule has 1 aromatic carbocycles. The number of halogens is 3. The van der Waals surface area contributed by atoms with Gasteiger partial charge in [0.1, 0.15) is 5.15 Å². The molecule has 0 radical (unpaired) electrons. The number of hydrogen-bond acceptors (Lipinski definition) is 3. The second-order valence-electron chi connectivity index (χ2n) is 4.29. The molecule has 7 heteroatoms. The van der Waals surface area contributed by atoms with Gasteiger partial charge in [0.05, 0.1) is 11.3 Å². The third kappa shape index (κ3) is 3.11. The molecule has 0 bridgehead atoms. The van der Waals surface area contributed by atoms with Gasteiger partial charge in [-0.15, -0.1) is 0 Å². The lowest BCUT2D eigenvalue weighted by molar-refractivity contribution is 0.0963. The Labute approximate surface area is 125 Å². The minimum Gasteiger partial charge on any atom is -0.355 e. The summed E-state index contributed by atoms with van der Waals surface area (Å²) in [6.45, 7) is 1.43. The molecule has 2 aromatic rings. The molecular weight excluding hydrogens is 300 g/mol. The fourth-order valence-electron chi connectivity index (χ4n) is 1.78. The number of aromatic nitrogens is 1. The Morgan fingerprint density at radius 2 is 2.00 bits per heavy atom. The monoisotopic (exact) mass is 311 g/mol.